The minimum atomic E-state index is -0.0901. The molecule has 1 saturated heterocycles. The molecule has 0 aliphatic carbocycles. The fourth-order valence-corrected chi connectivity index (χ4v) is 2.73. The van der Waals surface area contributed by atoms with Crippen LogP contribution >= 0.6 is 0 Å². The van der Waals surface area contributed by atoms with E-state index in [1.807, 2.05) is 0 Å². The predicted octanol–water partition coefficient (Wildman–Crippen LogP) is 4.42. The molecule has 0 radical (unpaired) electrons. The minimum Gasteiger partial charge on any atom is -0.394 e. The molecule has 0 aromatic rings. The average molecular weight is 286 g/mol. The molecule has 1 heterocycles. The quantitative estimate of drug-likeness (QED) is 0.509. The van der Waals surface area contributed by atoms with E-state index in [-0.39, 0.29) is 19.0 Å². The van der Waals surface area contributed by atoms with Gasteiger partial charge in [-0.2, -0.15) is 0 Å². The van der Waals surface area contributed by atoms with E-state index in [1.165, 1.54) is 70.6 Å². The Morgan fingerprint density at radius 3 is 1.90 bits per heavy atom. The molecule has 120 valence electrons. The highest BCUT2D eigenvalue weighted by Crippen LogP contribution is 2.18. The topological polar surface area (TPSA) is 38.7 Å². The summed E-state index contributed by atoms with van der Waals surface area (Å²) in [5, 5.41) is 8.94. The monoisotopic (exact) mass is 286 g/mol. The first-order chi connectivity index (χ1) is 9.86. The molecule has 1 rings (SSSR count). The van der Waals surface area contributed by atoms with Crippen molar-refractivity contribution >= 4 is 0 Å². The molecular formula is C17H34O3. The molecule has 1 N–H and O–H groups in total. The molecule has 0 unspecified atom stereocenters. The predicted molar refractivity (Wildman–Crippen MR) is 82.8 cm³/mol. The zero-order valence-corrected chi connectivity index (χ0v) is 13.3. The number of hydrogen-bond donors (Lipinski definition) is 1. The lowest BCUT2D eigenvalue weighted by atomic mass is 10.1. The standard InChI is InChI=1S/C17H34O3/c1-2-3-4-5-6-7-8-9-10-11-12-13-17-19-15-16(14-18)20-17/h16-18H,2-15H2,1H3/t16-,17+/m0/s1. The fraction of sp³-hybridized carbons (Fsp3) is 1.00. The summed E-state index contributed by atoms with van der Waals surface area (Å²) >= 11 is 0. The van der Waals surface area contributed by atoms with Gasteiger partial charge in [0.1, 0.15) is 6.10 Å². The summed E-state index contributed by atoms with van der Waals surface area (Å²) in [5.74, 6) is 0. The van der Waals surface area contributed by atoms with Crippen LogP contribution < -0.4 is 0 Å². The number of aliphatic hydroxyl groups excluding tert-OH is 1. The van der Waals surface area contributed by atoms with Crippen molar-refractivity contribution in [2.24, 2.45) is 0 Å². The van der Waals surface area contributed by atoms with Crippen LogP contribution in [0.3, 0.4) is 0 Å². The van der Waals surface area contributed by atoms with E-state index in [0.29, 0.717) is 6.61 Å². The lowest BCUT2D eigenvalue weighted by Crippen LogP contribution is -2.16. The first kappa shape index (κ1) is 17.9. The molecule has 0 amide bonds. The Morgan fingerprint density at radius 2 is 1.40 bits per heavy atom. The summed E-state index contributed by atoms with van der Waals surface area (Å²) in [6.45, 7) is 2.90. The zero-order chi connectivity index (χ0) is 14.5. The lowest BCUT2D eigenvalue weighted by Gasteiger charge is -2.09. The van der Waals surface area contributed by atoms with E-state index in [0.717, 1.165) is 6.42 Å². The van der Waals surface area contributed by atoms with Gasteiger partial charge in [-0.05, 0) is 12.8 Å². The van der Waals surface area contributed by atoms with Gasteiger partial charge in [0.2, 0.25) is 0 Å². The van der Waals surface area contributed by atoms with Gasteiger partial charge in [-0.1, -0.05) is 71.1 Å². The van der Waals surface area contributed by atoms with Crippen LogP contribution in [-0.2, 0) is 9.47 Å². The van der Waals surface area contributed by atoms with Crippen molar-refractivity contribution in [3.8, 4) is 0 Å². The Labute approximate surface area is 125 Å². The zero-order valence-electron chi connectivity index (χ0n) is 13.3. The summed E-state index contributed by atoms with van der Waals surface area (Å²) in [7, 11) is 0. The molecule has 1 fully saturated rings. The van der Waals surface area contributed by atoms with Gasteiger partial charge in [0.25, 0.3) is 0 Å². The van der Waals surface area contributed by atoms with E-state index in [9.17, 15) is 0 Å². The van der Waals surface area contributed by atoms with E-state index in [4.69, 9.17) is 14.6 Å². The Kier molecular flexibility index (Phi) is 11.3. The third-order valence-electron chi connectivity index (χ3n) is 4.06. The van der Waals surface area contributed by atoms with Crippen LogP contribution in [0.2, 0.25) is 0 Å². The maximum atomic E-state index is 8.94. The van der Waals surface area contributed by atoms with Crippen molar-refractivity contribution in [2.75, 3.05) is 13.2 Å². The summed E-state index contributed by atoms with van der Waals surface area (Å²) in [5.41, 5.74) is 0. The highest BCUT2D eigenvalue weighted by Gasteiger charge is 2.24. The number of rotatable bonds is 13. The molecule has 0 aromatic heterocycles. The Balaban J connectivity index is 1.75. The smallest absolute Gasteiger partial charge is 0.158 e. The van der Waals surface area contributed by atoms with Crippen LogP contribution in [0.1, 0.15) is 84.0 Å². The van der Waals surface area contributed by atoms with Crippen LogP contribution in [0.25, 0.3) is 0 Å². The first-order valence-electron chi connectivity index (χ1n) is 8.74. The van der Waals surface area contributed by atoms with Crippen molar-refractivity contribution in [2.45, 2.75) is 96.4 Å². The minimum absolute atomic E-state index is 0.0642. The molecule has 3 nitrogen and oxygen atoms in total. The van der Waals surface area contributed by atoms with Crippen LogP contribution in [-0.4, -0.2) is 30.7 Å². The maximum Gasteiger partial charge on any atom is 0.158 e. The first-order valence-corrected chi connectivity index (χ1v) is 8.74. The molecule has 0 aromatic carbocycles. The Hall–Kier alpha value is -0.120. The third-order valence-corrected chi connectivity index (χ3v) is 4.06. The molecule has 20 heavy (non-hydrogen) atoms. The van der Waals surface area contributed by atoms with E-state index >= 15 is 0 Å². The second-order valence-corrected chi connectivity index (χ2v) is 6.03. The largest absolute Gasteiger partial charge is 0.394 e. The highest BCUT2D eigenvalue weighted by molar-refractivity contribution is 4.63. The van der Waals surface area contributed by atoms with E-state index in [1.54, 1.807) is 0 Å². The van der Waals surface area contributed by atoms with Gasteiger partial charge in [0.15, 0.2) is 6.29 Å². The normalized spacial score (nSPS) is 22.5. The maximum absolute atomic E-state index is 8.94. The van der Waals surface area contributed by atoms with Crippen LogP contribution in [0.15, 0.2) is 0 Å². The molecule has 0 saturated carbocycles. The van der Waals surface area contributed by atoms with Gasteiger partial charge in [0, 0.05) is 0 Å². The van der Waals surface area contributed by atoms with Gasteiger partial charge in [0.05, 0.1) is 13.2 Å². The average Bonchev–Trinajstić information content (AvgIpc) is 2.93. The fourth-order valence-electron chi connectivity index (χ4n) is 2.73. The van der Waals surface area contributed by atoms with Crippen LogP contribution in [0.5, 0.6) is 0 Å². The third kappa shape index (κ3) is 8.93. The molecular weight excluding hydrogens is 252 g/mol. The lowest BCUT2D eigenvalue weighted by molar-refractivity contribution is -0.0701. The van der Waals surface area contributed by atoms with Crippen LogP contribution in [0.4, 0.5) is 0 Å². The Morgan fingerprint density at radius 1 is 0.850 bits per heavy atom. The van der Waals surface area contributed by atoms with E-state index < -0.39 is 0 Å². The van der Waals surface area contributed by atoms with Gasteiger partial charge < -0.3 is 14.6 Å². The van der Waals surface area contributed by atoms with E-state index in [2.05, 4.69) is 6.92 Å². The summed E-state index contributed by atoms with van der Waals surface area (Å²) < 4.78 is 11.0. The van der Waals surface area contributed by atoms with Gasteiger partial charge in [-0.15, -0.1) is 0 Å². The summed E-state index contributed by atoms with van der Waals surface area (Å²) in [4.78, 5) is 0. The highest BCUT2D eigenvalue weighted by atomic mass is 16.7. The van der Waals surface area contributed by atoms with Crippen molar-refractivity contribution in [3.63, 3.8) is 0 Å². The second-order valence-electron chi connectivity index (χ2n) is 6.03. The Bertz CT molecular complexity index is 208. The van der Waals surface area contributed by atoms with Gasteiger partial charge >= 0.3 is 0 Å². The summed E-state index contributed by atoms with van der Waals surface area (Å²) in [6.07, 6.45) is 15.8. The molecule has 1 aliphatic rings. The van der Waals surface area contributed by atoms with Crippen molar-refractivity contribution in [1.82, 2.24) is 0 Å². The SMILES string of the molecule is CCCCCCCCCCCCC[C@@H]1OC[C@H](CO)O1. The molecule has 3 heteroatoms. The molecule has 0 bridgehead atoms. The van der Waals surface area contributed by atoms with Crippen molar-refractivity contribution in [3.05, 3.63) is 0 Å². The van der Waals surface area contributed by atoms with Crippen molar-refractivity contribution < 1.29 is 14.6 Å². The molecule has 2 atom stereocenters. The van der Waals surface area contributed by atoms with Gasteiger partial charge in [-0.3, -0.25) is 0 Å². The van der Waals surface area contributed by atoms with Crippen LogP contribution in [0, 0.1) is 0 Å². The second kappa shape index (κ2) is 12.6. The van der Waals surface area contributed by atoms with Gasteiger partial charge in [-0.25, -0.2) is 0 Å². The number of aliphatic hydroxyl groups is 1. The number of unbranched alkanes of at least 4 members (excludes halogenated alkanes) is 10. The number of hydrogen-bond acceptors (Lipinski definition) is 3. The summed E-state index contributed by atoms with van der Waals surface area (Å²) in [6, 6.07) is 0. The molecule has 0 spiro atoms. The molecule has 1 aliphatic heterocycles. The van der Waals surface area contributed by atoms with Crippen molar-refractivity contribution in [1.29, 1.82) is 0 Å². The number of ether oxygens (including phenoxy) is 2.